The van der Waals surface area contributed by atoms with Gasteiger partial charge in [0.1, 0.15) is 6.21 Å². The molecule has 3 heteroatoms. The van der Waals surface area contributed by atoms with Gasteiger partial charge in [0.05, 0.1) is 0 Å². The zero-order valence-electron chi connectivity index (χ0n) is 6.31. The molecule has 0 amide bonds. The van der Waals surface area contributed by atoms with Crippen molar-refractivity contribution in [3.05, 3.63) is 35.9 Å². The second-order valence-corrected chi connectivity index (χ2v) is 2.48. The number of nitrogens with zero attached hydrogens (tertiary/aromatic N) is 1. The number of esters is 1. The quantitative estimate of drug-likeness (QED) is 0.582. The lowest BCUT2D eigenvalue weighted by Crippen LogP contribution is -2.00. The number of carbonyl (C=O) groups is 1. The van der Waals surface area contributed by atoms with Crippen LogP contribution in [0.3, 0.4) is 0 Å². The van der Waals surface area contributed by atoms with Crippen LogP contribution in [-0.4, -0.2) is 12.2 Å². The fraction of sp³-hybridized carbons (Fsp3) is 0.111. The Morgan fingerprint density at radius 2 is 2.00 bits per heavy atom. The summed E-state index contributed by atoms with van der Waals surface area (Å²) >= 11 is 0. The van der Waals surface area contributed by atoms with Crippen molar-refractivity contribution in [3.63, 3.8) is 0 Å². The van der Waals surface area contributed by atoms with Crippen LogP contribution in [0, 0.1) is 0 Å². The van der Waals surface area contributed by atoms with Crippen LogP contribution in [0.5, 0.6) is 0 Å². The molecular weight excluding hydrogens is 154 g/mol. The van der Waals surface area contributed by atoms with Crippen molar-refractivity contribution in [1.82, 2.24) is 0 Å². The fourth-order valence-electron chi connectivity index (χ4n) is 1.07. The van der Waals surface area contributed by atoms with Crippen LogP contribution < -0.4 is 0 Å². The summed E-state index contributed by atoms with van der Waals surface area (Å²) in [5.74, 6) is -0.371. The van der Waals surface area contributed by atoms with Gasteiger partial charge in [-0.25, -0.2) is 9.79 Å². The van der Waals surface area contributed by atoms with E-state index in [2.05, 4.69) is 4.99 Å². The van der Waals surface area contributed by atoms with Crippen molar-refractivity contribution < 1.29 is 9.53 Å². The first kappa shape index (κ1) is 7.03. The highest BCUT2D eigenvalue weighted by Crippen LogP contribution is 2.21. The van der Waals surface area contributed by atoms with E-state index in [1.165, 1.54) is 6.21 Å². The number of benzene rings is 1. The highest BCUT2D eigenvalue weighted by Gasteiger charge is 2.18. The molecule has 1 atom stereocenters. The number of ether oxygens (including phenoxy) is 1. The summed E-state index contributed by atoms with van der Waals surface area (Å²) in [5.41, 5.74) is 0.902. The molecule has 12 heavy (non-hydrogen) atoms. The normalized spacial score (nSPS) is 21.0. The lowest BCUT2D eigenvalue weighted by atomic mass is 10.2. The zero-order chi connectivity index (χ0) is 8.39. The van der Waals surface area contributed by atoms with Crippen molar-refractivity contribution in [2.75, 3.05) is 0 Å². The maximum atomic E-state index is 10.7. The molecule has 0 N–H and O–H groups in total. The van der Waals surface area contributed by atoms with Gasteiger partial charge in [-0.1, -0.05) is 30.3 Å². The van der Waals surface area contributed by atoms with Crippen molar-refractivity contribution in [1.29, 1.82) is 0 Å². The molecule has 60 valence electrons. The van der Waals surface area contributed by atoms with Crippen molar-refractivity contribution in [2.24, 2.45) is 4.99 Å². The molecule has 3 nitrogen and oxygen atoms in total. The van der Waals surface area contributed by atoms with Gasteiger partial charge in [-0.05, 0) is 0 Å². The molecule has 0 spiro atoms. The maximum absolute atomic E-state index is 10.7. The Kier molecular flexibility index (Phi) is 1.63. The average molecular weight is 161 g/mol. The Labute approximate surface area is 69.7 Å². The first-order valence-electron chi connectivity index (χ1n) is 3.65. The van der Waals surface area contributed by atoms with Gasteiger partial charge in [0.15, 0.2) is 0 Å². The second kappa shape index (κ2) is 2.77. The smallest absolute Gasteiger partial charge is 0.351 e. The summed E-state index contributed by atoms with van der Waals surface area (Å²) in [4.78, 5) is 14.5. The van der Waals surface area contributed by atoms with Crippen LogP contribution >= 0.6 is 0 Å². The van der Waals surface area contributed by atoms with Crippen LogP contribution in [0.1, 0.15) is 11.8 Å². The van der Waals surface area contributed by atoms with E-state index < -0.39 is 6.23 Å². The number of cyclic esters (lactones) is 1. The van der Waals surface area contributed by atoms with Crippen LogP contribution in [0.25, 0.3) is 0 Å². The van der Waals surface area contributed by atoms with Crippen LogP contribution in [0.15, 0.2) is 35.3 Å². The van der Waals surface area contributed by atoms with Gasteiger partial charge in [0.25, 0.3) is 0 Å². The summed E-state index contributed by atoms with van der Waals surface area (Å²) in [5, 5.41) is 0. The number of carbonyl (C=O) groups excluding carboxylic acids is 1. The lowest BCUT2D eigenvalue weighted by molar-refractivity contribution is -0.137. The SMILES string of the molecule is O=C1C=N[C@H](c2ccccc2)O1. The molecular formula is C9H7NO2. The summed E-state index contributed by atoms with van der Waals surface area (Å²) in [6.45, 7) is 0. The summed E-state index contributed by atoms with van der Waals surface area (Å²) in [7, 11) is 0. The highest BCUT2D eigenvalue weighted by atomic mass is 16.6. The third kappa shape index (κ3) is 1.21. The molecule has 0 bridgehead atoms. The third-order valence-corrected chi connectivity index (χ3v) is 1.63. The van der Waals surface area contributed by atoms with Crippen molar-refractivity contribution in [3.8, 4) is 0 Å². The molecule has 1 aromatic carbocycles. The number of hydrogen-bond donors (Lipinski definition) is 0. The molecule has 0 fully saturated rings. The predicted octanol–water partition coefficient (Wildman–Crippen LogP) is 1.31. The lowest BCUT2D eigenvalue weighted by Gasteiger charge is -2.05. The topological polar surface area (TPSA) is 38.7 Å². The molecule has 0 saturated carbocycles. The number of hydrogen-bond acceptors (Lipinski definition) is 3. The van der Waals surface area contributed by atoms with E-state index in [9.17, 15) is 4.79 Å². The number of aliphatic imine (C=N–C) groups is 1. The molecule has 0 unspecified atom stereocenters. The van der Waals surface area contributed by atoms with Crippen LogP contribution in [0.2, 0.25) is 0 Å². The predicted molar refractivity (Wildman–Crippen MR) is 43.8 cm³/mol. The van der Waals surface area contributed by atoms with E-state index in [0.717, 1.165) is 5.56 Å². The Hall–Kier alpha value is -1.64. The Bertz CT molecular complexity index is 319. The Balaban J connectivity index is 2.23. The first-order valence-corrected chi connectivity index (χ1v) is 3.65. The van der Waals surface area contributed by atoms with E-state index in [4.69, 9.17) is 4.74 Å². The molecule has 0 aliphatic carbocycles. The fourth-order valence-corrected chi connectivity index (χ4v) is 1.07. The highest BCUT2D eigenvalue weighted by molar-refractivity contribution is 6.24. The second-order valence-electron chi connectivity index (χ2n) is 2.48. The molecule has 1 aliphatic heterocycles. The molecule has 1 aromatic rings. The van der Waals surface area contributed by atoms with Crippen molar-refractivity contribution >= 4 is 12.2 Å². The third-order valence-electron chi connectivity index (χ3n) is 1.63. The molecule has 0 aromatic heterocycles. The Morgan fingerprint density at radius 3 is 2.58 bits per heavy atom. The largest absolute Gasteiger partial charge is 0.431 e. The van der Waals surface area contributed by atoms with E-state index >= 15 is 0 Å². The summed E-state index contributed by atoms with van der Waals surface area (Å²) in [6, 6.07) is 9.43. The minimum Gasteiger partial charge on any atom is -0.431 e. The molecule has 0 saturated heterocycles. The van der Waals surface area contributed by atoms with Gasteiger partial charge in [-0.2, -0.15) is 0 Å². The van der Waals surface area contributed by atoms with Gasteiger partial charge in [-0.15, -0.1) is 0 Å². The minimum absolute atomic E-state index is 0.371. The summed E-state index contributed by atoms with van der Waals surface area (Å²) < 4.78 is 4.89. The molecule has 1 heterocycles. The average Bonchev–Trinajstić information content (AvgIpc) is 2.54. The van der Waals surface area contributed by atoms with Gasteiger partial charge in [0.2, 0.25) is 6.23 Å². The standard InChI is InChI=1S/C9H7NO2/c11-8-6-10-9(12-8)7-4-2-1-3-5-7/h1-6,9H/t9-/m0/s1. The minimum atomic E-state index is -0.432. The zero-order valence-corrected chi connectivity index (χ0v) is 6.31. The van der Waals surface area contributed by atoms with Gasteiger partial charge in [-0.3, -0.25) is 0 Å². The van der Waals surface area contributed by atoms with E-state index in [0.29, 0.717) is 0 Å². The van der Waals surface area contributed by atoms with Gasteiger partial charge in [0, 0.05) is 5.56 Å². The van der Waals surface area contributed by atoms with Crippen LogP contribution in [0.4, 0.5) is 0 Å². The van der Waals surface area contributed by atoms with E-state index in [1.807, 2.05) is 30.3 Å². The summed E-state index contributed by atoms with van der Waals surface area (Å²) in [6.07, 6.45) is 0.774. The number of rotatable bonds is 1. The molecule has 1 aliphatic rings. The van der Waals surface area contributed by atoms with Gasteiger partial charge >= 0.3 is 5.97 Å². The van der Waals surface area contributed by atoms with E-state index in [-0.39, 0.29) is 5.97 Å². The van der Waals surface area contributed by atoms with Crippen molar-refractivity contribution in [2.45, 2.75) is 6.23 Å². The first-order chi connectivity index (χ1) is 5.86. The maximum Gasteiger partial charge on any atom is 0.351 e. The van der Waals surface area contributed by atoms with E-state index in [1.54, 1.807) is 0 Å². The van der Waals surface area contributed by atoms with Crippen LogP contribution in [-0.2, 0) is 9.53 Å². The Morgan fingerprint density at radius 1 is 1.25 bits per heavy atom. The van der Waals surface area contributed by atoms with Gasteiger partial charge < -0.3 is 4.74 Å². The molecule has 0 radical (unpaired) electrons. The monoisotopic (exact) mass is 161 g/mol. The molecule has 2 rings (SSSR count).